The highest BCUT2D eigenvalue weighted by Crippen LogP contribution is 2.46. The summed E-state index contributed by atoms with van der Waals surface area (Å²) < 4.78 is 113. The highest BCUT2D eigenvalue weighted by molar-refractivity contribution is 7.88. The molecule has 9 nitrogen and oxygen atoms in total. The molecule has 0 radical (unpaired) electrons. The molecule has 0 bridgehead atoms. The van der Waals surface area contributed by atoms with Crippen LogP contribution in [0.5, 0.6) is 11.5 Å². The zero-order valence-corrected chi connectivity index (χ0v) is 22.1. The molecule has 1 amide bonds. The van der Waals surface area contributed by atoms with Gasteiger partial charge in [0.2, 0.25) is 5.91 Å². The van der Waals surface area contributed by atoms with Gasteiger partial charge in [-0.1, -0.05) is 0 Å². The molecule has 0 aliphatic carbocycles. The number of benzene rings is 2. The van der Waals surface area contributed by atoms with Gasteiger partial charge in [0, 0.05) is 30.0 Å². The Hall–Kier alpha value is -3.82. The number of aryl methyl sites for hydroxylation is 1. The van der Waals surface area contributed by atoms with Crippen LogP contribution in [0.2, 0.25) is 0 Å². The third-order valence-electron chi connectivity index (χ3n) is 5.87. The van der Waals surface area contributed by atoms with Crippen molar-refractivity contribution in [1.82, 2.24) is 9.97 Å². The van der Waals surface area contributed by atoms with Crippen molar-refractivity contribution in [3.63, 3.8) is 0 Å². The number of nitrogens with zero attached hydrogens (tertiary/aromatic N) is 2. The minimum Gasteiger partial charge on any atom is -0.486 e. The highest BCUT2D eigenvalue weighted by atomic mass is 32.2. The van der Waals surface area contributed by atoms with Crippen molar-refractivity contribution in [2.75, 3.05) is 10.6 Å². The van der Waals surface area contributed by atoms with E-state index in [1.54, 1.807) is 6.92 Å². The summed E-state index contributed by atoms with van der Waals surface area (Å²) in [5.74, 6) is -1.34. The molecule has 16 heteroatoms. The molecule has 1 aromatic heterocycles. The lowest BCUT2D eigenvalue weighted by Crippen LogP contribution is -2.28. The van der Waals surface area contributed by atoms with E-state index in [1.807, 2.05) is 0 Å². The summed E-state index contributed by atoms with van der Waals surface area (Å²) in [6, 6.07) is 3.05. The van der Waals surface area contributed by atoms with Crippen LogP contribution in [0.3, 0.4) is 0 Å². The summed E-state index contributed by atoms with van der Waals surface area (Å²) in [5, 5.41) is 5.29. The summed E-state index contributed by atoms with van der Waals surface area (Å²) in [6.07, 6.45) is -5.11. The van der Waals surface area contributed by atoms with Gasteiger partial charge in [-0.3, -0.25) is 4.79 Å². The van der Waals surface area contributed by atoms with Crippen LogP contribution in [0.1, 0.15) is 49.3 Å². The van der Waals surface area contributed by atoms with Crippen molar-refractivity contribution in [2.45, 2.75) is 57.9 Å². The van der Waals surface area contributed by atoms with Gasteiger partial charge in [-0.2, -0.15) is 34.8 Å². The lowest BCUT2D eigenvalue weighted by Gasteiger charge is -2.20. The minimum atomic E-state index is -6.06. The lowest BCUT2D eigenvalue weighted by molar-refractivity contribution is -0.137. The molecular formula is C24H22F6N4O5S. The Morgan fingerprint density at radius 3 is 2.40 bits per heavy atom. The molecule has 2 heterocycles. The number of carbonyl (C=O) groups is 1. The van der Waals surface area contributed by atoms with E-state index < -0.39 is 51.2 Å². The summed E-state index contributed by atoms with van der Waals surface area (Å²) in [5.41, 5.74) is -6.23. The number of carbonyl (C=O) groups excluding carboxylic acids is 1. The maximum Gasteiger partial charge on any atom is 0.534 e. The molecule has 0 saturated carbocycles. The Balaban J connectivity index is 1.84. The molecular weight excluding hydrogens is 570 g/mol. The predicted octanol–water partition coefficient (Wildman–Crippen LogP) is 5.64. The van der Waals surface area contributed by atoms with Gasteiger partial charge in [0.25, 0.3) is 0 Å². The molecule has 1 aliphatic heterocycles. The minimum absolute atomic E-state index is 0.00917. The monoisotopic (exact) mass is 592 g/mol. The third-order valence-corrected chi connectivity index (χ3v) is 6.83. The van der Waals surface area contributed by atoms with Crippen LogP contribution in [0.4, 0.5) is 37.8 Å². The number of hydrogen-bond donors (Lipinski definition) is 2. The van der Waals surface area contributed by atoms with Gasteiger partial charge in [-0.05, 0) is 50.6 Å². The van der Waals surface area contributed by atoms with Gasteiger partial charge in [0.15, 0.2) is 11.5 Å². The number of alkyl halides is 6. The third kappa shape index (κ3) is 5.85. The van der Waals surface area contributed by atoms with Crippen LogP contribution in [0, 0.1) is 6.92 Å². The summed E-state index contributed by atoms with van der Waals surface area (Å²) in [4.78, 5) is 20.1. The normalized spacial score (nSPS) is 16.3. The smallest absolute Gasteiger partial charge is 0.486 e. The Morgan fingerprint density at radius 1 is 1.12 bits per heavy atom. The van der Waals surface area contributed by atoms with E-state index >= 15 is 0 Å². The van der Waals surface area contributed by atoms with Crippen LogP contribution in [0.15, 0.2) is 24.3 Å². The number of anilines is 2. The number of nitrogens with one attached hydrogen (secondary N) is 2. The average molecular weight is 593 g/mol. The topological polar surface area (TPSA) is 120 Å². The molecule has 40 heavy (non-hydrogen) atoms. The molecule has 2 aromatic carbocycles. The molecule has 2 atom stereocenters. The fourth-order valence-electron chi connectivity index (χ4n) is 4.22. The standard InChI is InChI=1S/C24H22F6N4O5S/c1-10-5-17-20-18(9-19(21(17)38-10)39-40(36,37)24(28,29)30)22(33-12(3)32-20)31-11(2)14-6-15(23(25,26)27)8-16(7-14)34-13(4)35/h6-11H,5H2,1-4H3,(H,34,35)(H,31,32,33)/t10?,11-/m1/s1. The van der Waals surface area contributed by atoms with Gasteiger partial charge < -0.3 is 19.6 Å². The van der Waals surface area contributed by atoms with Crippen molar-refractivity contribution in [1.29, 1.82) is 0 Å². The SMILES string of the molecule is CC(=O)Nc1cc([C@@H](C)Nc2nc(C)nc3c4c(c(OS(=O)(=O)C(F)(F)F)cc23)OC(C)C4)cc(C(F)(F)F)c1. The van der Waals surface area contributed by atoms with Crippen molar-refractivity contribution in [3.05, 3.63) is 46.8 Å². The van der Waals surface area contributed by atoms with Gasteiger partial charge in [0.05, 0.1) is 17.1 Å². The first-order chi connectivity index (χ1) is 18.4. The summed E-state index contributed by atoms with van der Waals surface area (Å²) >= 11 is 0. The molecule has 0 spiro atoms. The van der Waals surface area contributed by atoms with Gasteiger partial charge in [-0.15, -0.1) is 0 Å². The van der Waals surface area contributed by atoms with Crippen LogP contribution in [0.25, 0.3) is 10.9 Å². The summed E-state index contributed by atoms with van der Waals surface area (Å²) in [6.45, 7) is 5.78. The van der Waals surface area contributed by atoms with E-state index in [1.165, 1.54) is 19.9 Å². The molecule has 1 unspecified atom stereocenters. The van der Waals surface area contributed by atoms with E-state index in [0.717, 1.165) is 25.1 Å². The van der Waals surface area contributed by atoms with Gasteiger partial charge >= 0.3 is 21.8 Å². The molecule has 3 aromatic rings. The number of rotatable bonds is 6. The molecule has 0 saturated heterocycles. The molecule has 1 aliphatic rings. The fraction of sp³-hybridized carbons (Fsp3) is 0.375. The Labute approximate surface area is 224 Å². The van der Waals surface area contributed by atoms with Crippen molar-refractivity contribution < 1.29 is 48.5 Å². The number of amides is 1. The average Bonchev–Trinajstić information content (AvgIpc) is 3.19. The van der Waals surface area contributed by atoms with Crippen LogP contribution in [-0.4, -0.2) is 35.9 Å². The molecule has 0 fully saturated rings. The maximum absolute atomic E-state index is 13.6. The second-order valence-corrected chi connectivity index (χ2v) is 10.7. The molecule has 4 rings (SSSR count). The second-order valence-electron chi connectivity index (χ2n) is 9.20. The van der Waals surface area contributed by atoms with Crippen molar-refractivity contribution in [2.24, 2.45) is 0 Å². The van der Waals surface area contributed by atoms with Crippen LogP contribution >= 0.6 is 0 Å². The number of aromatic nitrogens is 2. The Bertz CT molecular complexity index is 1610. The maximum atomic E-state index is 13.6. The molecule has 2 N–H and O–H groups in total. The Morgan fingerprint density at radius 2 is 1.80 bits per heavy atom. The lowest BCUT2D eigenvalue weighted by atomic mass is 10.0. The largest absolute Gasteiger partial charge is 0.534 e. The summed E-state index contributed by atoms with van der Waals surface area (Å²) in [7, 11) is -6.06. The van der Waals surface area contributed by atoms with Gasteiger partial charge in [-0.25, -0.2) is 9.97 Å². The van der Waals surface area contributed by atoms with E-state index in [-0.39, 0.29) is 51.5 Å². The van der Waals surface area contributed by atoms with Crippen molar-refractivity contribution in [3.8, 4) is 11.5 Å². The fourth-order valence-corrected chi connectivity index (χ4v) is 4.67. The Kier molecular flexibility index (Phi) is 7.28. The van der Waals surface area contributed by atoms with E-state index in [4.69, 9.17) is 4.74 Å². The first-order valence-corrected chi connectivity index (χ1v) is 13.0. The first kappa shape index (κ1) is 29.2. The van der Waals surface area contributed by atoms with E-state index in [0.29, 0.717) is 0 Å². The number of fused-ring (bicyclic) bond motifs is 3. The first-order valence-electron chi connectivity index (χ1n) is 11.6. The zero-order valence-electron chi connectivity index (χ0n) is 21.3. The predicted molar refractivity (Wildman–Crippen MR) is 131 cm³/mol. The zero-order chi connectivity index (χ0) is 29.8. The van der Waals surface area contributed by atoms with Gasteiger partial charge in [0.1, 0.15) is 17.7 Å². The van der Waals surface area contributed by atoms with Crippen LogP contribution in [-0.2, 0) is 27.5 Å². The number of hydrogen-bond acceptors (Lipinski definition) is 8. The van der Waals surface area contributed by atoms with E-state index in [9.17, 15) is 39.6 Å². The quantitative estimate of drug-likeness (QED) is 0.215. The van der Waals surface area contributed by atoms with Crippen molar-refractivity contribution >= 4 is 38.4 Å². The molecule has 216 valence electrons. The highest BCUT2D eigenvalue weighted by Gasteiger charge is 2.49. The number of halogens is 6. The second kappa shape index (κ2) is 9.98. The van der Waals surface area contributed by atoms with Crippen LogP contribution < -0.4 is 19.6 Å². The van der Waals surface area contributed by atoms with E-state index in [2.05, 4.69) is 24.8 Å². The number of ether oxygens (including phenoxy) is 1.